The molecule has 0 amide bonds. The zero-order chi connectivity index (χ0) is 17.8. The van der Waals surface area contributed by atoms with Crippen LogP contribution in [0.15, 0.2) is 0 Å². The molecule has 0 radical (unpaired) electrons. The van der Waals surface area contributed by atoms with Crippen molar-refractivity contribution in [2.45, 2.75) is 135 Å². The lowest BCUT2D eigenvalue weighted by Gasteiger charge is -2.48. The highest BCUT2D eigenvalue weighted by atomic mass is 16.5. The Labute approximate surface area is 158 Å². The van der Waals surface area contributed by atoms with Crippen molar-refractivity contribution in [1.82, 2.24) is 0 Å². The third-order valence-electron chi connectivity index (χ3n) is 7.24. The van der Waals surface area contributed by atoms with Crippen LogP contribution in [0.25, 0.3) is 0 Å². The van der Waals surface area contributed by atoms with Crippen LogP contribution in [0.3, 0.4) is 0 Å². The van der Waals surface area contributed by atoms with Gasteiger partial charge in [0.2, 0.25) is 0 Å². The number of unbranched alkanes of at least 4 members (excludes halogenated alkanes) is 9. The Balaban J connectivity index is 1.58. The minimum atomic E-state index is 0.206. The lowest BCUT2D eigenvalue weighted by molar-refractivity contribution is -0.151. The lowest BCUT2D eigenvalue weighted by atomic mass is 9.67. The molecule has 2 rings (SSSR count). The molecule has 1 saturated carbocycles. The summed E-state index contributed by atoms with van der Waals surface area (Å²) < 4.78 is 6.46. The second-order valence-corrected chi connectivity index (χ2v) is 9.18. The normalized spacial score (nSPS) is 28.3. The van der Waals surface area contributed by atoms with Gasteiger partial charge in [-0.1, -0.05) is 90.4 Å². The second-order valence-electron chi connectivity index (χ2n) is 9.18. The van der Waals surface area contributed by atoms with Crippen molar-refractivity contribution in [2.24, 2.45) is 11.8 Å². The smallest absolute Gasteiger partial charge is 0.0710 e. The Morgan fingerprint density at radius 3 is 1.96 bits per heavy atom. The molecule has 0 aromatic heterocycles. The van der Waals surface area contributed by atoms with E-state index in [-0.39, 0.29) is 5.60 Å². The first-order valence-electron chi connectivity index (χ1n) is 11.9. The Hall–Kier alpha value is -0.0400. The molecule has 0 spiro atoms. The van der Waals surface area contributed by atoms with Crippen molar-refractivity contribution >= 4 is 0 Å². The van der Waals surface area contributed by atoms with E-state index in [4.69, 9.17) is 4.74 Å². The average Bonchev–Trinajstić information content (AvgIpc) is 2.65. The summed E-state index contributed by atoms with van der Waals surface area (Å²) in [7, 11) is 0. The van der Waals surface area contributed by atoms with Gasteiger partial charge in [0.05, 0.1) is 5.60 Å². The summed E-state index contributed by atoms with van der Waals surface area (Å²) in [4.78, 5) is 0. The van der Waals surface area contributed by atoms with E-state index < -0.39 is 0 Å². The molecular weight excluding hydrogens is 304 g/mol. The molecule has 0 aromatic rings. The quantitative estimate of drug-likeness (QED) is 0.323. The van der Waals surface area contributed by atoms with Crippen LogP contribution in [-0.2, 0) is 4.74 Å². The summed E-state index contributed by atoms with van der Waals surface area (Å²) in [5.74, 6) is 1.67. The SMILES string of the molecule is CCCCCCCCCCCCC1CCCOC1(C)C1CCCCC1. The third-order valence-corrected chi connectivity index (χ3v) is 7.24. The van der Waals surface area contributed by atoms with Crippen LogP contribution in [0.5, 0.6) is 0 Å². The minimum Gasteiger partial charge on any atom is -0.375 e. The van der Waals surface area contributed by atoms with Gasteiger partial charge in [0, 0.05) is 6.61 Å². The van der Waals surface area contributed by atoms with Gasteiger partial charge < -0.3 is 4.74 Å². The Morgan fingerprint density at radius 1 is 0.720 bits per heavy atom. The average molecular weight is 351 g/mol. The van der Waals surface area contributed by atoms with Crippen molar-refractivity contribution in [3.63, 3.8) is 0 Å². The molecule has 25 heavy (non-hydrogen) atoms. The Bertz CT molecular complexity index is 320. The molecule has 0 bridgehead atoms. The van der Waals surface area contributed by atoms with Crippen molar-refractivity contribution in [1.29, 1.82) is 0 Å². The van der Waals surface area contributed by atoms with Gasteiger partial charge >= 0.3 is 0 Å². The van der Waals surface area contributed by atoms with E-state index in [1.165, 1.54) is 116 Å². The van der Waals surface area contributed by atoms with Gasteiger partial charge in [0.25, 0.3) is 0 Å². The van der Waals surface area contributed by atoms with E-state index in [1.807, 2.05) is 0 Å². The highest BCUT2D eigenvalue weighted by Crippen LogP contribution is 2.45. The van der Waals surface area contributed by atoms with Crippen LogP contribution in [0, 0.1) is 11.8 Å². The molecule has 1 heteroatoms. The lowest BCUT2D eigenvalue weighted by Crippen LogP contribution is -2.48. The summed E-state index contributed by atoms with van der Waals surface area (Å²) in [5, 5.41) is 0. The topological polar surface area (TPSA) is 9.23 Å². The zero-order valence-electron chi connectivity index (χ0n) is 17.5. The van der Waals surface area contributed by atoms with Crippen LogP contribution in [0.2, 0.25) is 0 Å². The molecule has 0 N–H and O–H groups in total. The summed E-state index contributed by atoms with van der Waals surface area (Å²) in [6, 6.07) is 0. The predicted molar refractivity (Wildman–Crippen MR) is 110 cm³/mol. The molecule has 1 heterocycles. The molecule has 148 valence electrons. The van der Waals surface area contributed by atoms with E-state index in [0.29, 0.717) is 0 Å². The van der Waals surface area contributed by atoms with E-state index in [1.54, 1.807) is 0 Å². The minimum absolute atomic E-state index is 0.206. The standard InChI is InChI=1S/C24H46O/c1-3-4-5-6-7-8-9-10-11-13-17-23-20-16-21-25-24(23,2)22-18-14-12-15-19-22/h22-23H,3-21H2,1-2H3. The molecule has 1 nitrogen and oxygen atoms in total. The number of hydrogen-bond donors (Lipinski definition) is 0. The molecule has 1 aliphatic heterocycles. The van der Waals surface area contributed by atoms with Crippen molar-refractivity contribution in [3.8, 4) is 0 Å². The Kier molecular flexibility index (Phi) is 10.5. The predicted octanol–water partition coefficient (Wildman–Crippen LogP) is 8.06. The van der Waals surface area contributed by atoms with Gasteiger partial charge in [-0.15, -0.1) is 0 Å². The highest BCUT2D eigenvalue weighted by molar-refractivity contribution is 4.94. The summed E-state index contributed by atoms with van der Waals surface area (Å²) >= 11 is 0. The highest BCUT2D eigenvalue weighted by Gasteiger charge is 2.43. The van der Waals surface area contributed by atoms with Crippen molar-refractivity contribution < 1.29 is 4.74 Å². The largest absolute Gasteiger partial charge is 0.375 e. The van der Waals surface area contributed by atoms with Crippen molar-refractivity contribution in [2.75, 3.05) is 6.61 Å². The van der Waals surface area contributed by atoms with Crippen LogP contribution < -0.4 is 0 Å². The zero-order valence-corrected chi connectivity index (χ0v) is 17.5. The van der Waals surface area contributed by atoms with E-state index in [9.17, 15) is 0 Å². The Morgan fingerprint density at radius 2 is 1.32 bits per heavy atom. The maximum absolute atomic E-state index is 6.46. The van der Waals surface area contributed by atoms with E-state index in [0.717, 1.165) is 18.4 Å². The van der Waals surface area contributed by atoms with E-state index >= 15 is 0 Å². The van der Waals surface area contributed by atoms with Crippen LogP contribution in [0.4, 0.5) is 0 Å². The molecule has 2 fully saturated rings. The first-order chi connectivity index (χ1) is 12.3. The first-order valence-corrected chi connectivity index (χ1v) is 11.9. The fourth-order valence-electron chi connectivity index (χ4n) is 5.46. The van der Waals surface area contributed by atoms with Gasteiger partial charge in [-0.25, -0.2) is 0 Å². The van der Waals surface area contributed by atoms with E-state index in [2.05, 4.69) is 13.8 Å². The first kappa shape index (κ1) is 21.3. The van der Waals surface area contributed by atoms with Crippen molar-refractivity contribution in [3.05, 3.63) is 0 Å². The fourth-order valence-corrected chi connectivity index (χ4v) is 5.46. The van der Waals surface area contributed by atoms with Crippen LogP contribution >= 0.6 is 0 Å². The summed E-state index contributed by atoms with van der Waals surface area (Å²) in [6.45, 7) is 5.79. The third kappa shape index (κ3) is 7.24. The van der Waals surface area contributed by atoms with Gasteiger partial charge in [-0.05, 0) is 50.9 Å². The second kappa shape index (κ2) is 12.4. The molecule has 2 atom stereocenters. The number of rotatable bonds is 12. The molecule has 2 aliphatic rings. The number of ether oxygens (including phenoxy) is 1. The van der Waals surface area contributed by atoms with Gasteiger partial charge in [0.1, 0.15) is 0 Å². The van der Waals surface area contributed by atoms with Gasteiger partial charge in [-0.3, -0.25) is 0 Å². The van der Waals surface area contributed by atoms with Crippen LogP contribution in [0.1, 0.15) is 129 Å². The monoisotopic (exact) mass is 350 g/mol. The molecule has 2 unspecified atom stereocenters. The molecule has 1 saturated heterocycles. The van der Waals surface area contributed by atoms with Gasteiger partial charge in [-0.2, -0.15) is 0 Å². The summed E-state index contributed by atoms with van der Waals surface area (Å²) in [6.07, 6.45) is 25.8. The maximum atomic E-state index is 6.46. The summed E-state index contributed by atoms with van der Waals surface area (Å²) in [5.41, 5.74) is 0.206. The molecule has 0 aromatic carbocycles. The molecule has 1 aliphatic carbocycles. The number of hydrogen-bond acceptors (Lipinski definition) is 1. The maximum Gasteiger partial charge on any atom is 0.0710 e. The molecular formula is C24H46O. The fraction of sp³-hybridized carbons (Fsp3) is 1.00. The van der Waals surface area contributed by atoms with Crippen LogP contribution in [-0.4, -0.2) is 12.2 Å². The van der Waals surface area contributed by atoms with Gasteiger partial charge in [0.15, 0.2) is 0 Å².